The summed E-state index contributed by atoms with van der Waals surface area (Å²) in [6.07, 6.45) is -1.35. The van der Waals surface area contributed by atoms with Crippen LogP contribution in [0.3, 0.4) is 0 Å². The molecule has 1 aliphatic heterocycles. The van der Waals surface area contributed by atoms with Gasteiger partial charge in [0.25, 0.3) is 0 Å². The van der Waals surface area contributed by atoms with Crippen molar-refractivity contribution in [3.8, 4) is 11.3 Å². The van der Waals surface area contributed by atoms with Crippen LogP contribution in [0, 0.1) is 17.7 Å². The van der Waals surface area contributed by atoms with Gasteiger partial charge in [0.1, 0.15) is 11.4 Å². The molecule has 1 saturated carbocycles. The van der Waals surface area contributed by atoms with Crippen molar-refractivity contribution in [1.29, 1.82) is 0 Å². The summed E-state index contributed by atoms with van der Waals surface area (Å²) in [7, 11) is 0. The highest BCUT2D eigenvalue weighted by Gasteiger charge is 2.42. The lowest BCUT2D eigenvalue weighted by Gasteiger charge is -2.21. The van der Waals surface area contributed by atoms with Gasteiger partial charge in [-0.2, -0.15) is 13.2 Å². The number of hydrogen-bond donors (Lipinski definition) is 1. The molecule has 5 rings (SSSR count). The van der Waals surface area contributed by atoms with E-state index >= 15 is 0 Å². The van der Waals surface area contributed by atoms with Gasteiger partial charge in [-0.05, 0) is 61.1 Å². The third-order valence-electron chi connectivity index (χ3n) is 6.58. The Morgan fingerprint density at radius 2 is 1.79 bits per heavy atom. The molecule has 0 spiro atoms. The van der Waals surface area contributed by atoms with Gasteiger partial charge < -0.3 is 5.32 Å². The van der Waals surface area contributed by atoms with Crippen molar-refractivity contribution in [2.24, 2.45) is 11.8 Å². The van der Waals surface area contributed by atoms with Crippen molar-refractivity contribution in [2.45, 2.75) is 31.6 Å². The number of anilines is 1. The van der Waals surface area contributed by atoms with E-state index in [4.69, 9.17) is 11.6 Å². The Kier molecular flexibility index (Phi) is 6.16. The van der Waals surface area contributed by atoms with Gasteiger partial charge in [0.15, 0.2) is 5.82 Å². The van der Waals surface area contributed by atoms with E-state index in [1.165, 1.54) is 6.07 Å². The second-order valence-electron chi connectivity index (χ2n) is 8.96. The van der Waals surface area contributed by atoms with Crippen LogP contribution in [0.5, 0.6) is 0 Å². The molecule has 2 fully saturated rings. The quantitative estimate of drug-likeness (QED) is 0.466. The Morgan fingerprint density at radius 1 is 1.03 bits per heavy atom. The third-order valence-corrected chi connectivity index (χ3v) is 6.91. The first-order valence-electron chi connectivity index (χ1n) is 11.1. The van der Waals surface area contributed by atoms with E-state index in [-0.39, 0.29) is 28.1 Å². The van der Waals surface area contributed by atoms with Gasteiger partial charge in [-0.3, -0.25) is 9.88 Å². The number of halogens is 5. The molecule has 10 heteroatoms. The summed E-state index contributed by atoms with van der Waals surface area (Å²) in [5.41, 5.74) is 0.0119. The lowest BCUT2D eigenvalue weighted by atomic mass is 10.0. The van der Waals surface area contributed by atoms with Crippen molar-refractivity contribution in [2.75, 3.05) is 18.4 Å². The molecule has 3 heterocycles. The molecule has 1 aromatic carbocycles. The molecule has 3 aromatic rings. The Hall–Kier alpha value is -2.78. The topological polar surface area (TPSA) is 53.9 Å². The Balaban J connectivity index is 1.29. The number of hydrogen-bond acceptors (Lipinski definition) is 5. The van der Waals surface area contributed by atoms with E-state index in [0.29, 0.717) is 11.8 Å². The molecular weight excluding hydrogens is 470 g/mol. The lowest BCUT2D eigenvalue weighted by molar-refractivity contribution is -0.137. The largest absolute Gasteiger partial charge is 0.420 e. The molecule has 2 aromatic heterocycles. The number of likely N-dealkylation sites (tertiary alicyclic amines) is 1. The van der Waals surface area contributed by atoms with E-state index in [1.807, 2.05) is 18.2 Å². The number of nitrogens with zero attached hydrogens (tertiary/aromatic N) is 4. The zero-order valence-electron chi connectivity index (χ0n) is 18.1. The highest BCUT2D eigenvalue weighted by Crippen LogP contribution is 2.42. The number of fused-ring (bicyclic) bond motifs is 1. The van der Waals surface area contributed by atoms with Crippen molar-refractivity contribution in [1.82, 2.24) is 20.1 Å². The molecule has 0 amide bonds. The van der Waals surface area contributed by atoms with Crippen LogP contribution in [0.25, 0.3) is 11.3 Å². The maximum Gasteiger partial charge on any atom is 0.420 e. The van der Waals surface area contributed by atoms with Crippen LogP contribution in [0.4, 0.5) is 23.4 Å². The summed E-state index contributed by atoms with van der Waals surface area (Å²) in [5.74, 6) is -0.103. The average Bonchev–Trinajstić information content (AvgIpc) is 3.33. The van der Waals surface area contributed by atoms with E-state index in [1.54, 1.807) is 6.20 Å². The van der Waals surface area contributed by atoms with Gasteiger partial charge >= 0.3 is 6.18 Å². The molecule has 178 valence electrons. The fraction of sp³-hybridized carbons (Fsp3) is 0.375. The second-order valence-corrected chi connectivity index (χ2v) is 9.37. The highest BCUT2D eigenvalue weighted by atomic mass is 35.5. The number of nitrogens with one attached hydrogen (secondary N) is 1. The SMILES string of the molecule is Fc1ccc(Cl)c(-c2cc(C(F)(F)F)c(NC3C[C@@H]4CN(Cc5ccccn5)C[C@H]4C3)nn2)c1. The number of rotatable bonds is 5. The van der Waals surface area contributed by atoms with Crippen LogP contribution in [0.1, 0.15) is 24.1 Å². The first-order valence-corrected chi connectivity index (χ1v) is 11.4. The smallest absolute Gasteiger partial charge is 0.365 e. The molecule has 5 nitrogen and oxygen atoms in total. The summed E-state index contributed by atoms with van der Waals surface area (Å²) in [5, 5.41) is 10.8. The Labute approximate surface area is 199 Å². The number of aromatic nitrogens is 3. The fourth-order valence-corrected chi connectivity index (χ4v) is 5.31. The van der Waals surface area contributed by atoms with Crippen molar-refractivity contribution >= 4 is 17.4 Å². The van der Waals surface area contributed by atoms with Gasteiger partial charge in [0.05, 0.1) is 16.4 Å². The molecule has 1 aliphatic carbocycles. The van der Waals surface area contributed by atoms with E-state index < -0.39 is 17.6 Å². The monoisotopic (exact) mass is 491 g/mol. The molecule has 1 saturated heterocycles. The molecule has 2 atom stereocenters. The number of pyridine rings is 1. The van der Waals surface area contributed by atoms with Gasteiger partial charge in [-0.1, -0.05) is 17.7 Å². The summed E-state index contributed by atoms with van der Waals surface area (Å²) in [6, 6.07) is 10.1. The normalized spacial score (nSPS) is 21.1. The first kappa shape index (κ1) is 23.0. The Morgan fingerprint density at radius 3 is 2.47 bits per heavy atom. The van der Waals surface area contributed by atoms with Crippen molar-refractivity contribution < 1.29 is 17.6 Å². The molecule has 0 radical (unpaired) electrons. The van der Waals surface area contributed by atoms with Crippen LogP contribution in [-0.2, 0) is 12.7 Å². The molecule has 1 N–H and O–H groups in total. The minimum Gasteiger partial charge on any atom is -0.365 e. The summed E-state index contributed by atoms with van der Waals surface area (Å²) >= 11 is 6.05. The predicted octanol–water partition coefficient (Wildman–Crippen LogP) is 5.67. The first-order chi connectivity index (χ1) is 16.3. The minimum atomic E-state index is -4.65. The maximum atomic E-state index is 13.9. The molecule has 0 bridgehead atoms. The molecular formula is C24H22ClF4N5. The summed E-state index contributed by atoms with van der Waals surface area (Å²) in [6.45, 7) is 2.57. The Bertz CT molecular complexity index is 1160. The maximum absolute atomic E-state index is 13.9. The van der Waals surface area contributed by atoms with Crippen LogP contribution < -0.4 is 5.32 Å². The van der Waals surface area contributed by atoms with Gasteiger partial charge in [-0.25, -0.2) is 4.39 Å². The third kappa shape index (κ3) is 4.86. The highest BCUT2D eigenvalue weighted by molar-refractivity contribution is 6.33. The van der Waals surface area contributed by atoms with E-state index in [2.05, 4.69) is 25.4 Å². The summed E-state index contributed by atoms with van der Waals surface area (Å²) < 4.78 is 55.2. The van der Waals surface area contributed by atoms with Crippen LogP contribution in [-0.4, -0.2) is 39.2 Å². The van der Waals surface area contributed by atoms with Gasteiger partial charge in [-0.15, -0.1) is 10.2 Å². The van der Waals surface area contributed by atoms with Crippen LogP contribution in [0.15, 0.2) is 48.7 Å². The second kappa shape index (κ2) is 9.11. The lowest BCUT2D eigenvalue weighted by Crippen LogP contribution is -2.26. The van der Waals surface area contributed by atoms with E-state index in [0.717, 1.165) is 56.4 Å². The molecule has 2 aliphatic rings. The van der Waals surface area contributed by atoms with Crippen molar-refractivity contribution in [3.05, 3.63) is 70.8 Å². The zero-order chi connectivity index (χ0) is 23.9. The van der Waals surface area contributed by atoms with Gasteiger partial charge in [0, 0.05) is 37.4 Å². The van der Waals surface area contributed by atoms with Crippen molar-refractivity contribution in [3.63, 3.8) is 0 Å². The van der Waals surface area contributed by atoms with Crippen LogP contribution in [0.2, 0.25) is 5.02 Å². The number of alkyl halides is 3. The molecule has 34 heavy (non-hydrogen) atoms. The average molecular weight is 492 g/mol. The predicted molar refractivity (Wildman–Crippen MR) is 121 cm³/mol. The number of benzene rings is 1. The van der Waals surface area contributed by atoms with Gasteiger partial charge in [0.2, 0.25) is 0 Å². The van der Waals surface area contributed by atoms with Crippen LogP contribution >= 0.6 is 11.6 Å². The molecule has 0 unspecified atom stereocenters. The fourth-order valence-electron chi connectivity index (χ4n) is 5.10. The summed E-state index contributed by atoms with van der Waals surface area (Å²) in [4.78, 5) is 6.73. The zero-order valence-corrected chi connectivity index (χ0v) is 18.8. The standard InChI is InChI=1S/C24H22ClF4N5/c25-21-5-4-16(26)9-19(21)22-10-20(24(27,28)29)23(33-32-22)31-18-7-14-11-34(12-15(14)8-18)13-17-3-1-2-6-30-17/h1-6,9-10,14-15,18H,7-8,11-13H2,(H,31,33)/t14-,15-/m1/s1. The minimum absolute atomic E-state index is 0.0645. The van der Waals surface area contributed by atoms with E-state index in [9.17, 15) is 17.6 Å².